The molecular weight excluding hydrogens is 468 g/mol. The van der Waals surface area contributed by atoms with Crippen molar-refractivity contribution in [2.24, 2.45) is 0 Å². The van der Waals surface area contributed by atoms with Gasteiger partial charge in [-0.05, 0) is 77.8 Å². The van der Waals surface area contributed by atoms with Crippen LogP contribution in [0.3, 0.4) is 0 Å². The minimum absolute atomic E-state index is 0.960. The van der Waals surface area contributed by atoms with E-state index in [1.54, 1.807) is 0 Å². The lowest BCUT2D eigenvalue weighted by atomic mass is 10.0. The van der Waals surface area contributed by atoms with E-state index in [0.717, 1.165) is 48.6 Å². The highest BCUT2D eigenvalue weighted by molar-refractivity contribution is 6.18. The minimum atomic E-state index is 0.960. The van der Waals surface area contributed by atoms with Crippen LogP contribution in [0.15, 0.2) is 36.4 Å². The average Bonchev–Trinajstić information content (AvgIpc) is 2.93. The molecule has 4 aromatic rings. The number of benzene rings is 2. The Bertz CT molecular complexity index is 1310. The van der Waals surface area contributed by atoms with Crippen molar-refractivity contribution in [1.29, 1.82) is 0 Å². The van der Waals surface area contributed by atoms with Gasteiger partial charge >= 0.3 is 0 Å². The van der Waals surface area contributed by atoms with Gasteiger partial charge in [-0.3, -0.25) is 9.97 Å². The highest BCUT2D eigenvalue weighted by atomic mass is 15.1. The molecule has 0 aliphatic carbocycles. The number of aryl methyl sites for hydroxylation is 2. The first-order valence-corrected chi connectivity index (χ1v) is 14.7. The zero-order valence-electron chi connectivity index (χ0n) is 23.2. The first-order valence-electron chi connectivity index (χ1n) is 14.7. The largest absolute Gasteiger partial charge is 0.383 e. The monoisotopic (exact) mass is 510 g/mol. The minimum Gasteiger partial charge on any atom is -0.383 e. The van der Waals surface area contributed by atoms with Crippen LogP contribution in [0, 0.1) is 13.8 Å². The predicted molar refractivity (Wildman–Crippen MR) is 162 cm³/mol. The molecule has 2 N–H and O–H groups in total. The molecule has 2 fully saturated rings. The number of hydrogen-bond donors (Lipinski definition) is 2. The number of nitrogens with zero attached hydrogens (tertiary/aromatic N) is 4. The quantitative estimate of drug-likeness (QED) is 0.270. The van der Waals surface area contributed by atoms with Gasteiger partial charge in [0.15, 0.2) is 0 Å². The van der Waals surface area contributed by atoms with Gasteiger partial charge in [0.25, 0.3) is 0 Å². The van der Waals surface area contributed by atoms with Gasteiger partial charge in [0.2, 0.25) is 0 Å². The van der Waals surface area contributed by atoms with Crippen molar-refractivity contribution < 1.29 is 0 Å². The number of aromatic nitrogens is 2. The van der Waals surface area contributed by atoms with Crippen molar-refractivity contribution in [3.63, 3.8) is 0 Å². The van der Waals surface area contributed by atoms with Crippen LogP contribution in [-0.4, -0.2) is 72.1 Å². The number of rotatable bonds is 8. The molecule has 2 aliphatic heterocycles. The number of likely N-dealkylation sites (tertiary alicyclic amines) is 2. The Kier molecular flexibility index (Phi) is 7.61. The van der Waals surface area contributed by atoms with E-state index in [0.29, 0.717) is 0 Å². The number of nitrogens with one attached hydrogen (secondary N) is 2. The molecule has 0 bridgehead atoms. The Morgan fingerprint density at radius 3 is 1.39 bits per heavy atom. The van der Waals surface area contributed by atoms with Crippen molar-refractivity contribution in [3.05, 3.63) is 47.8 Å². The molecule has 0 saturated carbocycles. The summed E-state index contributed by atoms with van der Waals surface area (Å²) in [5.74, 6) is 0. The summed E-state index contributed by atoms with van der Waals surface area (Å²) in [6.45, 7) is 13.2. The number of fused-ring (bicyclic) bond motifs is 5. The van der Waals surface area contributed by atoms with Gasteiger partial charge in [-0.1, -0.05) is 37.1 Å². The molecule has 38 heavy (non-hydrogen) atoms. The van der Waals surface area contributed by atoms with Gasteiger partial charge in [0.05, 0.1) is 11.0 Å². The van der Waals surface area contributed by atoms with Crippen LogP contribution in [-0.2, 0) is 0 Å². The second kappa shape index (κ2) is 11.4. The molecule has 0 amide bonds. The van der Waals surface area contributed by atoms with E-state index in [4.69, 9.17) is 9.97 Å². The molecule has 0 atom stereocenters. The third-order valence-electron chi connectivity index (χ3n) is 8.39. The van der Waals surface area contributed by atoms with E-state index in [2.05, 4.69) is 70.7 Å². The summed E-state index contributed by atoms with van der Waals surface area (Å²) >= 11 is 0. The smallest absolute Gasteiger partial charge is 0.0805 e. The maximum atomic E-state index is 5.02. The lowest BCUT2D eigenvalue weighted by molar-refractivity contribution is 0.237. The second-order valence-corrected chi connectivity index (χ2v) is 11.3. The molecule has 6 rings (SSSR count). The molecule has 0 unspecified atom stereocenters. The van der Waals surface area contributed by atoms with Crippen LogP contribution >= 0.6 is 0 Å². The highest BCUT2D eigenvalue weighted by Gasteiger charge is 2.15. The second-order valence-electron chi connectivity index (χ2n) is 11.3. The van der Waals surface area contributed by atoms with E-state index in [1.165, 1.54) is 97.6 Å². The van der Waals surface area contributed by atoms with Gasteiger partial charge in [-0.25, -0.2) is 0 Å². The fourth-order valence-electron chi connectivity index (χ4n) is 6.40. The Balaban J connectivity index is 1.29. The number of pyridine rings is 2. The van der Waals surface area contributed by atoms with Crippen molar-refractivity contribution in [2.45, 2.75) is 52.4 Å². The molecule has 2 aromatic heterocycles. The predicted octanol–water partition coefficient (Wildman–Crippen LogP) is 6.35. The molecule has 0 spiro atoms. The SMILES string of the molecule is Cc1cc(NCCN2CCCCC2)c2ccc3c(ccc4c(NCCN5CCCCC5)cc(C)nc43)c2n1. The van der Waals surface area contributed by atoms with E-state index >= 15 is 0 Å². The van der Waals surface area contributed by atoms with E-state index in [1.807, 2.05) is 0 Å². The van der Waals surface area contributed by atoms with Gasteiger partial charge in [0.1, 0.15) is 0 Å². The van der Waals surface area contributed by atoms with Crippen LogP contribution in [0.2, 0.25) is 0 Å². The van der Waals surface area contributed by atoms with Crippen molar-refractivity contribution in [1.82, 2.24) is 19.8 Å². The van der Waals surface area contributed by atoms with Crippen molar-refractivity contribution in [2.75, 3.05) is 63.0 Å². The molecular formula is C32H42N6. The van der Waals surface area contributed by atoms with Crippen LogP contribution in [0.5, 0.6) is 0 Å². The summed E-state index contributed by atoms with van der Waals surface area (Å²) in [5.41, 5.74) is 6.58. The van der Waals surface area contributed by atoms with Gasteiger partial charge in [-0.2, -0.15) is 0 Å². The van der Waals surface area contributed by atoms with E-state index in [-0.39, 0.29) is 0 Å². The lowest BCUT2D eigenvalue weighted by Gasteiger charge is -2.26. The van der Waals surface area contributed by atoms with Crippen LogP contribution in [0.1, 0.15) is 49.9 Å². The molecule has 2 aliphatic rings. The van der Waals surface area contributed by atoms with Gasteiger partial charge in [0, 0.05) is 70.5 Å². The zero-order chi connectivity index (χ0) is 25.9. The number of piperidine rings is 2. The summed E-state index contributed by atoms with van der Waals surface area (Å²) in [5, 5.41) is 12.2. The third kappa shape index (κ3) is 5.43. The first kappa shape index (κ1) is 25.3. The molecule has 2 aromatic carbocycles. The normalized spacial score (nSPS) is 17.4. The molecule has 4 heterocycles. The Morgan fingerprint density at radius 1 is 0.579 bits per heavy atom. The number of anilines is 2. The summed E-state index contributed by atoms with van der Waals surface area (Å²) in [7, 11) is 0. The Labute approximate surface area is 226 Å². The fraction of sp³-hybridized carbons (Fsp3) is 0.500. The molecule has 6 heteroatoms. The Hall–Kier alpha value is -2.96. The van der Waals surface area contributed by atoms with E-state index < -0.39 is 0 Å². The summed E-state index contributed by atoms with van der Waals surface area (Å²) < 4.78 is 0. The maximum absolute atomic E-state index is 5.02. The highest BCUT2D eigenvalue weighted by Crippen LogP contribution is 2.35. The average molecular weight is 511 g/mol. The Morgan fingerprint density at radius 2 is 0.974 bits per heavy atom. The summed E-state index contributed by atoms with van der Waals surface area (Å²) in [4.78, 5) is 15.2. The van der Waals surface area contributed by atoms with Crippen molar-refractivity contribution in [3.8, 4) is 0 Å². The van der Waals surface area contributed by atoms with Gasteiger partial charge in [-0.15, -0.1) is 0 Å². The van der Waals surface area contributed by atoms with E-state index in [9.17, 15) is 0 Å². The topological polar surface area (TPSA) is 56.3 Å². The molecule has 200 valence electrons. The van der Waals surface area contributed by atoms with Crippen LogP contribution in [0.4, 0.5) is 11.4 Å². The number of hydrogen-bond acceptors (Lipinski definition) is 6. The lowest BCUT2D eigenvalue weighted by Crippen LogP contribution is -2.33. The third-order valence-corrected chi connectivity index (χ3v) is 8.39. The summed E-state index contributed by atoms with van der Waals surface area (Å²) in [6, 6.07) is 13.4. The first-order chi connectivity index (χ1) is 18.7. The van der Waals surface area contributed by atoms with Crippen LogP contribution < -0.4 is 10.6 Å². The summed E-state index contributed by atoms with van der Waals surface area (Å²) in [6.07, 6.45) is 8.09. The van der Waals surface area contributed by atoms with Crippen LogP contribution in [0.25, 0.3) is 32.6 Å². The molecule has 6 nitrogen and oxygen atoms in total. The maximum Gasteiger partial charge on any atom is 0.0805 e. The fourth-order valence-corrected chi connectivity index (χ4v) is 6.40. The standard InChI is InChI=1S/C32H42N6/c1-23-21-29(33-13-19-37-15-5-3-6-16-37)27-11-10-26-25(31(27)35-23)9-12-28-30(22-24(2)36-32(26)28)34-14-20-38-17-7-4-8-18-38/h9-12,21-22H,3-8,13-20H2,1-2H3,(H,33,35)(H,34,36). The van der Waals surface area contributed by atoms with Crippen molar-refractivity contribution >= 4 is 44.0 Å². The zero-order valence-corrected chi connectivity index (χ0v) is 23.2. The molecule has 2 saturated heterocycles. The van der Waals surface area contributed by atoms with Gasteiger partial charge < -0.3 is 20.4 Å². The molecule has 0 radical (unpaired) electrons.